The number of hydrogen-bond acceptors (Lipinski definition) is 6. The molecule has 0 atom stereocenters. The minimum atomic E-state index is -0.824. The molecule has 0 saturated heterocycles. The maximum atomic E-state index is 10.1. The van der Waals surface area contributed by atoms with E-state index in [1.165, 1.54) is 6.20 Å². The summed E-state index contributed by atoms with van der Waals surface area (Å²) in [6, 6.07) is 7.11. The summed E-state index contributed by atoms with van der Waals surface area (Å²) in [5, 5.41) is 8.32. The summed E-state index contributed by atoms with van der Waals surface area (Å²) in [6.07, 6.45) is 11.8. The maximum Gasteiger partial charge on any atom is 0.330 e. The van der Waals surface area contributed by atoms with Crippen LogP contribution in [0.1, 0.15) is 36.7 Å². The first-order chi connectivity index (χ1) is 13.0. The lowest BCUT2D eigenvalue weighted by molar-refractivity contribution is -0.137. The minimum Gasteiger partial charge on any atom is -0.481 e. The Bertz CT molecular complexity index is 716. The predicted molar refractivity (Wildman–Crippen MR) is 109 cm³/mol. The summed E-state index contributed by atoms with van der Waals surface area (Å²) >= 11 is 0. The van der Waals surface area contributed by atoms with E-state index in [2.05, 4.69) is 21.3 Å². The molecule has 150 valence electrons. The number of aromatic nitrogens is 2. The van der Waals surface area contributed by atoms with Gasteiger partial charge < -0.3 is 9.84 Å². The molecular formula is C21H26N2O5. The van der Waals surface area contributed by atoms with Crippen LogP contribution in [-0.2, 0) is 14.3 Å². The molecule has 2 rings (SSSR count). The van der Waals surface area contributed by atoms with Gasteiger partial charge in [0.25, 0.3) is 0 Å². The van der Waals surface area contributed by atoms with E-state index in [4.69, 9.17) is 5.11 Å². The first-order valence-electron chi connectivity index (χ1n) is 7.96. The van der Waals surface area contributed by atoms with Crippen LogP contribution < -0.4 is 0 Å². The lowest BCUT2D eigenvalue weighted by atomic mass is 10.2. The molecule has 0 radical (unpaired) electrons. The molecule has 0 amide bonds. The normalized spacial score (nSPS) is 8.75. The monoisotopic (exact) mass is 386 g/mol. The average molecular weight is 386 g/mol. The highest BCUT2D eigenvalue weighted by Crippen LogP contribution is 1.99. The molecule has 0 aliphatic heterocycles. The van der Waals surface area contributed by atoms with E-state index in [1.54, 1.807) is 55.9 Å². The summed E-state index contributed by atoms with van der Waals surface area (Å²) in [5.41, 5.74) is 1.53. The molecule has 7 heteroatoms. The molecule has 28 heavy (non-hydrogen) atoms. The number of hydrogen-bond donors (Lipinski definition) is 1. The number of aldehydes is 1. The highest BCUT2D eigenvalue weighted by molar-refractivity contribution is 5.81. The Balaban J connectivity index is 0. The fourth-order valence-corrected chi connectivity index (χ4v) is 1.42. The summed E-state index contributed by atoms with van der Waals surface area (Å²) in [4.78, 5) is 37.8. The van der Waals surface area contributed by atoms with E-state index in [0.29, 0.717) is 12.2 Å². The van der Waals surface area contributed by atoms with Gasteiger partial charge in [-0.2, -0.15) is 0 Å². The SMILES string of the molecule is C.C=CC(=O)OCC.O=C(O)C/C=C/c1cccnc1.O=Cc1cccnc1. The van der Waals surface area contributed by atoms with Crippen LogP contribution in [0, 0.1) is 0 Å². The molecule has 2 aromatic rings. The average Bonchev–Trinajstić information content (AvgIpc) is 2.70. The van der Waals surface area contributed by atoms with Crippen molar-refractivity contribution in [2.75, 3.05) is 6.61 Å². The fraction of sp³-hybridized carbons (Fsp3) is 0.190. The molecule has 0 aliphatic carbocycles. The van der Waals surface area contributed by atoms with Gasteiger partial charge in [-0.15, -0.1) is 0 Å². The van der Waals surface area contributed by atoms with E-state index >= 15 is 0 Å². The fourth-order valence-electron chi connectivity index (χ4n) is 1.42. The van der Waals surface area contributed by atoms with Crippen LogP contribution in [0.4, 0.5) is 0 Å². The van der Waals surface area contributed by atoms with Gasteiger partial charge in [-0.05, 0) is 30.7 Å². The summed E-state index contributed by atoms with van der Waals surface area (Å²) in [5.74, 6) is -1.18. The maximum absolute atomic E-state index is 10.1. The van der Waals surface area contributed by atoms with Gasteiger partial charge in [0.05, 0.1) is 13.0 Å². The Kier molecular flexibility index (Phi) is 17.3. The Morgan fingerprint density at radius 3 is 2.04 bits per heavy atom. The van der Waals surface area contributed by atoms with Crippen molar-refractivity contribution in [3.05, 3.63) is 78.9 Å². The second-order valence-corrected chi connectivity index (χ2v) is 4.65. The largest absolute Gasteiger partial charge is 0.481 e. The molecule has 2 heterocycles. The van der Waals surface area contributed by atoms with Gasteiger partial charge in [0, 0.05) is 36.4 Å². The van der Waals surface area contributed by atoms with Crippen molar-refractivity contribution in [3.8, 4) is 0 Å². The van der Waals surface area contributed by atoms with Crippen LogP contribution in [0.25, 0.3) is 6.08 Å². The Labute approximate surface area is 165 Å². The van der Waals surface area contributed by atoms with Gasteiger partial charge >= 0.3 is 11.9 Å². The van der Waals surface area contributed by atoms with Crippen molar-refractivity contribution < 1.29 is 24.2 Å². The van der Waals surface area contributed by atoms with E-state index < -0.39 is 5.97 Å². The summed E-state index contributed by atoms with van der Waals surface area (Å²) in [6.45, 7) is 5.38. The summed E-state index contributed by atoms with van der Waals surface area (Å²) < 4.78 is 4.43. The summed E-state index contributed by atoms with van der Waals surface area (Å²) in [7, 11) is 0. The van der Waals surface area contributed by atoms with Crippen molar-refractivity contribution >= 4 is 24.3 Å². The third-order valence-electron chi connectivity index (χ3n) is 2.56. The smallest absolute Gasteiger partial charge is 0.330 e. The number of aliphatic carboxylic acids is 1. The Morgan fingerprint density at radius 1 is 1.14 bits per heavy atom. The first-order valence-corrected chi connectivity index (χ1v) is 7.96. The number of ether oxygens (including phenoxy) is 1. The quantitative estimate of drug-likeness (QED) is 0.457. The zero-order valence-electron chi connectivity index (χ0n) is 15.0. The molecule has 1 N–H and O–H groups in total. The minimum absolute atomic E-state index is 0. The molecule has 0 fully saturated rings. The van der Waals surface area contributed by atoms with Crippen LogP contribution in [-0.4, -0.2) is 39.9 Å². The Morgan fingerprint density at radius 2 is 1.71 bits per heavy atom. The molecule has 7 nitrogen and oxygen atoms in total. The van der Waals surface area contributed by atoms with Gasteiger partial charge in [0.1, 0.15) is 0 Å². The number of carbonyl (C=O) groups excluding carboxylic acids is 2. The van der Waals surface area contributed by atoms with Gasteiger partial charge in [0.15, 0.2) is 6.29 Å². The van der Waals surface area contributed by atoms with Crippen LogP contribution in [0.15, 0.2) is 67.8 Å². The number of nitrogens with zero attached hydrogens (tertiary/aromatic N) is 2. The molecule has 0 unspecified atom stereocenters. The standard InChI is InChI=1S/C9H9NO2.C6H5NO.C5H8O2.CH4/c11-9(12)5-1-3-8-4-2-6-10-7-8;8-5-6-2-1-3-7-4-6;1-3-5(6)7-4-2;/h1-4,6-7H,5H2,(H,11,12);1-5H;3H,1,4H2,2H3;1H4/b3-1+;;;. The molecule has 0 saturated carbocycles. The zero-order chi connectivity index (χ0) is 20.3. The van der Waals surface area contributed by atoms with Crippen molar-refractivity contribution in [1.82, 2.24) is 9.97 Å². The third kappa shape index (κ3) is 15.9. The molecule has 0 spiro atoms. The number of rotatable bonds is 6. The highest BCUT2D eigenvalue weighted by Gasteiger charge is 1.89. The lowest BCUT2D eigenvalue weighted by Crippen LogP contribution is -1.97. The van der Waals surface area contributed by atoms with E-state index in [1.807, 2.05) is 6.07 Å². The number of esters is 1. The Hall–Kier alpha value is -3.61. The number of carbonyl (C=O) groups is 3. The second-order valence-electron chi connectivity index (χ2n) is 4.65. The second kappa shape index (κ2) is 18.2. The van der Waals surface area contributed by atoms with Crippen LogP contribution in [0.5, 0.6) is 0 Å². The highest BCUT2D eigenvalue weighted by atomic mass is 16.5. The first kappa shape index (κ1) is 26.6. The van der Waals surface area contributed by atoms with E-state index in [9.17, 15) is 14.4 Å². The van der Waals surface area contributed by atoms with Crippen LogP contribution >= 0.6 is 0 Å². The van der Waals surface area contributed by atoms with Crippen molar-refractivity contribution in [2.24, 2.45) is 0 Å². The molecular weight excluding hydrogens is 360 g/mol. The van der Waals surface area contributed by atoms with E-state index in [0.717, 1.165) is 17.9 Å². The molecule has 0 aliphatic rings. The van der Waals surface area contributed by atoms with Crippen molar-refractivity contribution in [3.63, 3.8) is 0 Å². The van der Waals surface area contributed by atoms with Gasteiger partial charge in [-0.3, -0.25) is 19.6 Å². The van der Waals surface area contributed by atoms with Crippen molar-refractivity contribution in [1.29, 1.82) is 0 Å². The van der Waals surface area contributed by atoms with Gasteiger partial charge in [-0.25, -0.2) is 4.79 Å². The van der Waals surface area contributed by atoms with Crippen LogP contribution in [0.3, 0.4) is 0 Å². The third-order valence-corrected chi connectivity index (χ3v) is 2.56. The van der Waals surface area contributed by atoms with Gasteiger partial charge in [-0.1, -0.05) is 32.2 Å². The molecule has 0 bridgehead atoms. The number of carboxylic acids is 1. The number of carboxylic acid groups (broad SMARTS) is 1. The number of pyridine rings is 2. The van der Waals surface area contributed by atoms with Gasteiger partial charge in [0.2, 0.25) is 0 Å². The van der Waals surface area contributed by atoms with Crippen LogP contribution in [0.2, 0.25) is 0 Å². The zero-order valence-corrected chi connectivity index (χ0v) is 15.0. The topological polar surface area (TPSA) is 106 Å². The van der Waals surface area contributed by atoms with E-state index in [-0.39, 0.29) is 19.8 Å². The molecule has 0 aromatic carbocycles. The molecule has 2 aromatic heterocycles. The predicted octanol–water partition coefficient (Wildman–Crippen LogP) is 3.84. The van der Waals surface area contributed by atoms with Crippen molar-refractivity contribution in [2.45, 2.75) is 20.8 Å². The lowest BCUT2D eigenvalue weighted by Gasteiger charge is -1.90.